The highest BCUT2D eigenvalue weighted by Crippen LogP contribution is 2.73. The molecule has 3 fully saturated rings. The zero-order valence-corrected chi connectivity index (χ0v) is 15.4. The van der Waals surface area contributed by atoms with E-state index in [9.17, 15) is 14.7 Å². The quantitative estimate of drug-likeness (QED) is 0.745. The maximum absolute atomic E-state index is 12.0. The highest BCUT2D eigenvalue weighted by Gasteiger charge is 2.77. The van der Waals surface area contributed by atoms with Crippen molar-refractivity contribution in [1.82, 2.24) is 15.2 Å². The number of likely N-dealkylation sites (tertiary alicyclic amines) is 1. The van der Waals surface area contributed by atoms with E-state index in [1.54, 1.807) is 23.4 Å². The molecule has 2 saturated heterocycles. The molecule has 0 aromatic carbocycles. The van der Waals surface area contributed by atoms with Crippen molar-refractivity contribution in [3.05, 3.63) is 36.2 Å². The minimum Gasteiger partial charge on any atom is -0.465 e. The number of nitrogens with one attached hydrogen (secondary N) is 1. The molecule has 1 saturated carbocycles. The Morgan fingerprint density at radius 1 is 1.41 bits per heavy atom. The van der Waals surface area contributed by atoms with Gasteiger partial charge in [-0.05, 0) is 42.0 Å². The lowest BCUT2D eigenvalue weighted by molar-refractivity contribution is -0.148. The first-order valence-electron chi connectivity index (χ1n) is 9.38. The van der Waals surface area contributed by atoms with E-state index in [-0.39, 0.29) is 16.7 Å². The first-order valence-corrected chi connectivity index (χ1v) is 9.38. The molecular formula is C20H25N3O4. The second-order valence-electron chi connectivity index (χ2n) is 8.16. The lowest BCUT2D eigenvalue weighted by Gasteiger charge is -2.46. The summed E-state index contributed by atoms with van der Waals surface area (Å²) in [6, 6.07) is 3.68. The van der Waals surface area contributed by atoms with Crippen LogP contribution in [0.4, 0.5) is 4.79 Å². The number of fused-ring (bicyclic) bond motifs is 1. The van der Waals surface area contributed by atoms with Gasteiger partial charge in [0.2, 0.25) is 5.91 Å². The Morgan fingerprint density at radius 3 is 2.78 bits per heavy atom. The van der Waals surface area contributed by atoms with Crippen LogP contribution in [0.2, 0.25) is 0 Å². The van der Waals surface area contributed by atoms with Crippen LogP contribution >= 0.6 is 0 Å². The summed E-state index contributed by atoms with van der Waals surface area (Å²) in [5.74, 6) is 0.718. The molecule has 2 aliphatic heterocycles. The van der Waals surface area contributed by atoms with Crippen LogP contribution in [0.25, 0.3) is 6.08 Å². The van der Waals surface area contributed by atoms with E-state index < -0.39 is 6.09 Å². The Hall–Kier alpha value is -2.41. The predicted molar refractivity (Wildman–Crippen MR) is 98.8 cm³/mol. The molecular weight excluding hydrogens is 346 g/mol. The van der Waals surface area contributed by atoms with Gasteiger partial charge in [0.05, 0.1) is 13.2 Å². The Bertz CT molecular complexity index is 762. The van der Waals surface area contributed by atoms with E-state index in [1.807, 2.05) is 12.1 Å². The molecule has 7 heteroatoms. The van der Waals surface area contributed by atoms with Crippen molar-refractivity contribution < 1.29 is 19.4 Å². The molecule has 1 aromatic rings. The van der Waals surface area contributed by atoms with Gasteiger partial charge < -0.3 is 20.1 Å². The Morgan fingerprint density at radius 2 is 2.15 bits per heavy atom. The molecule has 144 valence electrons. The first-order chi connectivity index (χ1) is 13.0. The van der Waals surface area contributed by atoms with Crippen LogP contribution in [0.3, 0.4) is 0 Å². The Balaban J connectivity index is 1.31. The normalized spacial score (nSPS) is 30.6. The van der Waals surface area contributed by atoms with Crippen molar-refractivity contribution in [2.75, 3.05) is 32.8 Å². The molecule has 7 nitrogen and oxygen atoms in total. The molecule has 2 amide bonds. The molecule has 1 aliphatic carbocycles. The highest BCUT2D eigenvalue weighted by molar-refractivity contribution is 5.91. The smallest absolute Gasteiger partial charge is 0.407 e. The van der Waals surface area contributed by atoms with Gasteiger partial charge in [-0.15, -0.1) is 0 Å². The van der Waals surface area contributed by atoms with Crippen molar-refractivity contribution in [2.24, 2.45) is 22.7 Å². The molecule has 27 heavy (non-hydrogen) atoms. The van der Waals surface area contributed by atoms with Gasteiger partial charge in [-0.1, -0.05) is 6.92 Å². The third-order valence-electron chi connectivity index (χ3n) is 6.69. The first kappa shape index (κ1) is 18.0. The van der Waals surface area contributed by atoms with Crippen molar-refractivity contribution in [2.45, 2.75) is 13.3 Å². The van der Waals surface area contributed by atoms with Crippen LogP contribution in [-0.2, 0) is 9.53 Å². The predicted octanol–water partition coefficient (Wildman–Crippen LogP) is 1.86. The van der Waals surface area contributed by atoms with E-state index >= 15 is 0 Å². The summed E-state index contributed by atoms with van der Waals surface area (Å²) < 4.78 is 5.45. The number of carbonyl (C=O) groups excluding carboxylic acids is 1. The maximum Gasteiger partial charge on any atom is 0.407 e. The second kappa shape index (κ2) is 6.64. The third-order valence-corrected chi connectivity index (χ3v) is 6.69. The number of piperidine rings is 1. The largest absolute Gasteiger partial charge is 0.465 e. The number of hydrogen-bond acceptors (Lipinski definition) is 4. The number of pyridine rings is 1. The molecule has 0 bridgehead atoms. The van der Waals surface area contributed by atoms with Gasteiger partial charge in [0.15, 0.2) is 0 Å². The third kappa shape index (κ3) is 3.00. The lowest BCUT2D eigenvalue weighted by atomic mass is 9.70. The summed E-state index contributed by atoms with van der Waals surface area (Å²) in [5.41, 5.74) is 1.00. The van der Waals surface area contributed by atoms with Gasteiger partial charge in [-0.2, -0.15) is 0 Å². The van der Waals surface area contributed by atoms with Gasteiger partial charge in [-0.3, -0.25) is 9.78 Å². The van der Waals surface area contributed by atoms with Crippen molar-refractivity contribution >= 4 is 18.1 Å². The molecule has 0 radical (unpaired) electrons. The van der Waals surface area contributed by atoms with Gasteiger partial charge >= 0.3 is 6.09 Å². The standard InChI is InChI=1S/C20H25N3O4/c1-19(12-27-13-19)20-11-23(18(25)26)10-16(20)15(20)6-9-22-17(24)3-2-14-4-7-21-8-5-14/h2-5,7-8,15-16H,6,9-13H2,1H3,(H,22,24)(H,25,26)/b3-2+. The zero-order chi connectivity index (χ0) is 19.1. The number of hydrogen-bond donors (Lipinski definition) is 2. The van der Waals surface area contributed by atoms with E-state index in [2.05, 4.69) is 17.2 Å². The van der Waals surface area contributed by atoms with Crippen LogP contribution in [0.15, 0.2) is 30.6 Å². The Kier molecular flexibility index (Phi) is 4.42. The van der Waals surface area contributed by atoms with Crippen molar-refractivity contribution in [1.29, 1.82) is 0 Å². The van der Waals surface area contributed by atoms with Gasteiger partial charge in [0.25, 0.3) is 0 Å². The second-order valence-corrected chi connectivity index (χ2v) is 8.16. The van der Waals surface area contributed by atoms with E-state index in [4.69, 9.17) is 4.74 Å². The summed E-state index contributed by atoms with van der Waals surface area (Å²) in [6.45, 7) is 5.42. The number of rotatable bonds is 6. The van der Waals surface area contributed by atoms with Crippen molar-refractivity contribution in [3.63, 3.8) is 0 Å². The molecule has 3 unspecified atom stereocenters. The fourth-order valence-electron chi connectivity index (χ4n) is 5.17. The van der Waals surface area contributed by atoms with Gasteiger partial charge in [0.1, 0.15) is 0 Å². The number of carboxylic acid groups (broad SMARTS) is 1. The van der Waals surface area contributed by atoms with E-state index in [1.165, 1.54) is 6.08 Å². The molecule has 3 heterocycles. The minimum absolute atomic E-state index is 0.0151. The summed E-state index contributed by atoms with van der Waals surface area (Å²) in [5, 5.41) is 12.3. The minimum atomic E-state index is -0.835. The average Bonchev–Trinajstić information content (AvgIpc) is 3.04. The van der Waals surface area contributed by atoms with Crippen LogP contribution < -0.4 is 5.32 Å². The molecule has 4 rings (SSSR count). The number of amides is 2. The van der Waals surface area contributed by atoms with Crippen LogP contribution in [0.1, 0.15) is 18.9 Å². The Labute approximate surface area is 158 Å². The van der Waals surface area contributed by atoms with Crippen molar-refractivity contribution in [3.8, 4) is 0 Å². The van der Waals surface area contributed by atoms with Gasteiger partial charge in [0, 0.05) is 48.9 Å². The average molecular weight is 371 g/mol. The fourth-order valence-corrected chi connectivity index (χ4v) is 5.17. The number of ether oxygens (including phenoxy) is 1. The molecule has 0 spiro atoms. The SMILES string of the molecule is CC1(C23CN(C(=O)O)CC2C3CCNC(=O)/C=C/c2ccncc2)COC1. The van der Waals surface area contributed by atoms with Crippen LogP contribution in [-0.4, -0.2) is 59.8 Å². The van der Waals surface area contributed by atoms with Crippen LogP contribution in [0, 0.1) is 22.7 Å². The number of aromatic nitrogens is 1. The maximum atomic E-state index is 12.0. The summed E-state index contributed by atoms with van der Waals surface area (Å²) in [4.78, 5) is 28.9. The molecule has 3 aliphatic rings. The van der Waals surface area contributed by atoms with E-state index in [0.717, 1.165) is 12.0 Å². The van der Waals surface area contributed by atoms with Gasteiger partial charge in [-0.25, -0.2) is 4.79 Å². The summed E-state index contributed by atoms with van der Waals surface area (Å²) in [7, 11) is 0. The highest BCUT2D eigenvalue weighted by atomic mass is 16.5. The number of nitrogens with zero attached hydrogens (tertiary/aromatic N) is 2. The summed E-state index contributed by atoms with van der Waals surface area (Å²) in [6.07, 6.45) is 6.72. The molecule has 3 atom stereocenters. The topological polar surface area (TPSA) is 91.8 Å². The summed E-state index contributed by atoms with van der Waals surface area (Å²) >= 11 is 0. The van der Waals surface area contributed by atoms with Crippen LogP contribution in [0.5, 0.6) is 0 Å². The monoisotopic (exact) mass is 371 g/mol. The fraction of sp³-hybridized carbons (Fsp3) is 0.550. The van der Waals surface area contributed by atoms with E-state index in [0.29, 0.717) is 44.7 Å². The lowest BCUT2D eigenvalue weighted by Crippen LogP contribution is -2.51. The number of carbonyl (C=O) groups is 2. The molecule has 2 N–H and O–H groups in total. The molecule has 1 aromatic heterocycles. The zero-order valence-electron chi connectivity index (χ0n) is 15.4.